The molecule has 0 spiro atoms. The number of para-hydroxylation sites is 2. The quantitative estimate of drug-likeness (QED) is 0.595. The lowest BCUT2D eigenvalue weighted by atomic mass is 10.2. The van der Waals surface area contributed by atoms with Crippen LogP contribution in [0.3, 0.4) is 0 Å². The number of rotatable bonds is 4. The van der Waals surface area contributed by atoms with E-state index < -0.39 is 0 Å². The Morgan fingerprint density at radius 2 is 1.88 bits per heavy atom. The molecule has 4 rings (SSSR count). The minimum Gasteiger partial charge on any atom is -0.496 e. The van der Waals surface area contributed by atoms with Crippen LogP contribution in [0.1, 0.15) is 15.2 Å². The second-order valence-electron chi connectivity index (χ2n) is 5.68. The number of fused-ring (bicyclic) bond motifs is 2. The Morgan fingerprint density at radius 3 is 2.76 bits per heavy atom. The lowest BCUT2D eigenvalue weighted by molar-refractivity contribution is 0.0955. The minimum atomic E-state index is -0.0991. The van der Waals surface area contributed by atoms with Crippen LogP contribution in [0.25, 0.3) is 21.1 Å². The van der Waals surface area contributed by atoms with Crippen molar-refractivity contribution in [3.63, 3.8) is 0 Å². The molecular formula is C20H16N2O2S. The second-order valence-corrected chi connectivity index (χ2v) is 6.71. The van der Waals surface area contributed by atoms with Gasteiger partial charge in [0, 0.05) is 22.9 Å². The summed E-state index contributed by atoms with van der Waals surface area (Å²) in [5, 5.41) is 5.03. The number of carbonyl (C=O) groups is 1. The third-order valence-corrected chi connectivity index (χ3v) is 5.11. The monoisotopic (exact) mass is 348 g/mol. The van der Waals surface area contributed by atoms with Crippen molar-refractivity contribution in [2.45, 2.75) is 6.54 Å². The molecule has 2 aromatic carbocycles. The Balaban J connectivity index is 1.58. The molecule has 2 heterocycles. The van der Waals surface area contributed by atoms with Crippen LogP contribution in [0.4, 0.5) is 0 Å². The highest BCUT2D eigenvalue weighted by molar-refractivity contribution is 7.20. The normalized spacial score (nSPS) is 10.9. The molecule has 0 aliphatic rings. The molecular weight excluding hydrogens is 332 g/mol. The van der Waals surface area contributed by atoms with Gasteiger partial charge < -0.3 is 10.1 Å². The molecule has 4 nitrogen and oxygen atoms in total. The number of hydrogen-bond donors (Lipinski definition) is 1. The number of carbonyl (C=O) groups excluding carboxylic acids is 1. The fraction of sp³-hybridized carbons (Fsp3) is 0.100. The summed E-state index contributed by atoms with van der Waals surface area (Å²) in [7, 11) is 1.63. The summed E-state index contributed by atoms with van der Waals surface area (Å²) in [6.07, 6.45) is 0. The summed E-state index contributed by atoms with van der Waals surface area (Å²) in [6, 6.07) is 19.6. The molecule has 4 aromatic rings. The summed E-state index contributed by atoms with van der Waals surface area (Å²) >= 11 is 1.41. The first-order chi connectivity index (χ1) is 12.2. The molecule has 0 atom stereocenters. The van der Waals surface area contributed by atoms with Crippen LogP contribution >= 0.6 is 11.3 Å². The van der Waals surface area contributed by atoms with Gasteiger partial charge in [0.15, 0.2) is 0 Å². The average Bonchev–Trinajstić information content (AvgIpc) is 3.07. The number of ether oxygens (including phenoxy) is 1. The van der Waals surface area contributed by atoms with Gasteiger partial charge in [-0.1, -0.05) is 36.4 Å². The second kappa shape index (κ2) is 6.53. The summed E-state index contributed by atoms with van der Waals surface area (Å²) in [4.78, 5) is 18.7. The lowest BCUT2D eigenvalue weighted by Gasteiger charge is -2.08. The molecule has 0 unspecified atom stereocenters. The molecule has 1 N–H and O–H groups in total. The average molecular weight is 348 g/mol. The van der Waals surface area contributed by atoms with E-state index in [0.29, 0.717) is 11.4 Å². The molecule has 5 heteroatoms. The predicted molar refractivity (Wildman–Crippen MR) is 101 cm³/mol. The zero-order valence-corrected chi connectivity index (χ0v) is 14.5. The van der Waals surface area contributed by atoms with Crippen LogP contribution in [-0.4, -0.2) is 18.0 Å². The van der Waals surface area contributed by atoms with Gasteiger partial charge in [-0.2, -0.15) is 0 Å². The van der Waals surface area contributed by atoms with Crippen LogP contribution in [-0.2, 0) is 6.54 Å². The van der Waals surface area contributed by atoms with E-state index >= 15 is 0 Å². The Labute approximate surface area is 149 Å². The van der Waals surface area contributed by atoms with Crippen molar-refractivity contribution in [2.75, 3.05) is 7.11 Å². The van der Waals surface area contributed by atoms with E-state index in [4.69, 9.17) is 4.74 Å². The fourth-order valence-corrected chi connectivity index (χ4v) is 3.74. The maximum Gasteiger partial charge on any atom is 0.261 e. The Hall–Kier alpha value is -2.92. The summed E-state index contributed by atoms with van der Waals surface area (Å²) in [5.41, 5.74) is 1.89. The summed E-state index contributed by atoms with van der Waals surface area (Å²) in [5.74, 6) is 0.671. The van der Waals surface area contributed by atoms with Crippen LogP contribution in [0.5, 0.6) is 5.75 Å². The first kappa shape index (κ1) is 15.6. The van der Waals surface area contributed by atoms with E-state index in [1.807, 2.05) is 54.6 Å². The number of methoxy groups -OCH3 is 1. The number of amides is 1. The van der Waals surface area contributed by atoms with Gasteiger partial charge in [0.25, 0.3) is 5.91 Å². The van der Waals surface area contributed by atoms with Gasteiger partial charge in [0.2, 0.25) is 0 Å². The van der Waals surface area contributed by atoms with E-state index in [0.717, 1.165) is 32.4 Å². The van der Waals surface area contributed by atoms with Crippen LogP contribution in [0.15, 0.2) is 60.7 Å². The van der Waals surface area contributed by atoms with E-state index in [9.17, 15) is 4.79 Å². The van der Waals surface area contributed by atoms with Crippen LogP contribution in [0.2, 0.25) is 0 Å². The van der Waals surface area contributed by atoms with E-state index in [-0.39, 0.29) is 5.91 Å². The van der Waals surface area contributed by atoms with Crippen molar-refractivity contribution >= 4 is 38.4 Å². The SMILES string of the molecule is COc1ccccc1CNC(=O)c1cc2cc3ccccc3nc2s1. The molecule has 25 heavy (non-hydrogen) atoms. The number of pyridine rings is 1. The highest BCUT2D eigenvalue weighted by atomic mass is 32.1. The molecule has 0 radical (unpaired) electrons. The highest BCUT2D eigenvalue weighted by Gasteiger charge is 2.12. The van der Waals surface area contributed by atoms with Crippen molar-refractivity contribution in [3.8, 4) is 5.75 Å². The molecule has 1 amide bonds. The summed E-state index contributed by atoms with van der Waals surface area (Å²) in [6.45, 7) is 0.423. The first-order valence-electron chi connectivity index (χ1n) is 7.94. The fourth-order valence-electron chi connectivity index (χ4n) is 2.80. The van der Waals surface area contributed by atoms with Crippen molar-refractivity contribution in [3.05, 3.63) is 71.1 Å². The van der Waals surface area contributed by atoms with Crippen molar-refractivity contribution < 1.29 is 9.53 Å². The smallest absolute Gasteiger partial charge is 0.261 e. The molecule has 2 aromatic heterocycles. The van der Waals surface area contributed by atoms with Gasteiger partial charge in [0.05, 0.1) is 17.5 Å². The molecule has 0 saturated carbocycles. The van der Waals surface area contributed by atoms with E-state index in [2.05, 4.69) is 16.4 Å². The number of benzene rings is 2. The third-order valence-electron chi connectivity index (χ3n) is 4.07. The Morgan fingerprint density at radius 1 is 1.08 bits per heavy atom. The molecule has 0 bridgehead atoms. The molecule has 0 saturated heterocycles. The molecule has 0 fully saturated rings. The van der Waals surface area contributed by atoms with Gasteiger partial charge in [0.1, 0.15) is 10.6 Å². The largest absolute Gasteiger partial charge is 0.496 e. The van der Waals surface area contributed by atoms with Crippen LogP contribution < -0.4 is 10.1 Å². The van der Waals surface area contributed by atoms with E-state index in [1.165, 1.54) is 11.3 Å². The third kappa shape index (κ3) is 3.06. The minimum absolute atomic E-state index is 0.0991. The number of thiophene rings is 1. The zero-order chi connectivity index (χ0) is 17.2. The van der Waals surface area contributed by atoms with Crippen LogP contribution in [0, 0.1) is 0 Å². The predicted octanol–water partition coefficient (Wildman–Crippen LogP) is 4.39. The van der Waals surface area contributed by atoms with Crippen molar-refractivity contribution in [1.29, 1.82) is 0 Å². The number of nitrogens with one attached hydrogen (secondary N) is 1. The Kier molecular flexibility index (Phi) is 4.07. The number of aromatic nitrogens is 1. The molecule has 124 valence electrons. The van der Waals surface area contributed by atoms with Gasteiger partial charge in [-0.05, 0) is 24.3 Å². The highest BCUT2D eigenvalue weighted by Crippen LogP contribution is 2.27. The standard InChI is InChI=1S/C20H16N2O2S/c1-24-17-9-5-3-7-14(17)12-21-19(23)18-11-15-10-13-6-2-4-8-16(13)22-20(15)25-18/h2-11H,12H2,1H3,(H,21,23). The topological polar surface area (TPSA) is 51.2 Å². The van der Waals surface area contributed by atoms with Gasteiger partial charge in [-0.25, -0.2) is 4.98 Å². The molecule has 0 aliphatic heterocycles. The van der Waals surface area contributed by atoms with E-state index in [1.54, 1.807) is 7.11 Å². The van der Waals surface area contributed by atoms with Gasteiger partial charge >= 0.3 is 0 Å². The maximum absolute atomic E-state index is 12.5. The maximum atomic E-state index is 12.5. The van der Waals surface area contributed by atoms with Crippen molar-refractivity contribution in [2.24, 2.45) is 0 Å². The summed E-state index contributed by atoms with van der Waals surface area (Å²) < 4.78 is 5.32. The lowest BCUT2D eigenvalue weighted by Crippen LogP contribution is -2.22. The van der Waals surface area contributed by atoms with Gasteiger partial charge in [-0.3, -0.25) is 4.79 Å². The zero-order valence-electron chi connectivity index (χ0n) is 13.7. The first-order valence-corrected chi connectivity index (χ1v) is 8.75. The number of hydrogen-bond acceptors (Lipinski definition) is 4. The van der Waals surface area contributed by atoms with Gasteiger partial charge in [-0.15, -0.1) is 11.3 Å². The molecule has 0 aliphatic carbocycles. The Bertz CT molecular complexity index is 1020. The van der Waals surface area contributed by atoms with Crippen molar-refractivity contribution in [1.82, 2.24) is 10.3 Å². The number of nitrogens with zero attached hydrogens (tertiary/aromatic N) is 1.